The number of H-pyrrole nitrogens is 1. The van der Waals surface area contributed by atoms with E-state index >= 15 is 0 Å². The van der Waals surface area contributed by atoms with Crippen LogP contribution in [0.15, 0.2) is 90.7 Å². The van der Waals surface area contributed by atoms with Crippen molar-refractivity contribution in [1.29, 1.82) is 0 Å². The molecule has 4 aromatic carbocycles. The minimum absolute atomic E-state index is 0.979. The number of fused-ring (bicyclic) bond motifs is 6. The summed E-state index contributed by atoms with van der Waals surface area (Å²) in [5.41, 5.74) is 4.90. The largest absolute Gasteiger partial charge is 0.354 e. The van der Waals surface area contributed by atoms with E-state index in [-0.39, 0.29) is 0 Å². The van der Waals surface area contributed by atoms with Crippen molar-refractivity contribution >= 4 is 123 Å². The molecule has 2 heterocycles. The lowest BCUT2D eigenvalue weighted by atomic mass is 10.2. The first-order valence-electron chi connectivity index (χ1n) is 11.2. The maximum absolute atomic E-state index is 3.54. The number of halogens is 5. The highest BCUT2D eigenvalue weighted by Crippen LogP contribution is 2.33. The minimum atomic E-state index is 0.979. The quantitative estimate of drug-likeness (QED) is 0.160. The van der Waals surface area contributed by atoms with Gasteiger partial charge in [0.1, 0.15) is 0 Å². The first-order chi connectivity index (χ1) is 16.9. The van der Waals surface area contributed by atoms with Crippen molar-refractivity contribution in [3.8, 4) is 0 Å². The molecule has 2 aromatic heterocycles. The predicted molar refractivity (Wildman–Crippen MR) is 171 cm³/mol. The van der Waals surface area contributed by atoms with Crippen LogP contribution in [0, 0.1) is 0 Å². The highest BCUT2D eigenvalue weighted by Gasteiger charge is 2.10. The number of nitrogens with one attached hydrogen (secondary N) is 1. The second-order valence-corrected chi connectivity index (χ2v) is 12.6. The Kier molecular flexibility index (Phi) is 9.19. The number of hydrogen-bond acceptors (Lipinski definition) is 0. The summed E-state index contributed by atoms with van der Waals surface area (Å²) in [5, 5.41) is 6.23. The van der Waals surface area contributed by atoms with Crippen LogP contribution in [0.3, 0.4) is 0 Å². The number of aryl methyl sites for hydroxylation is 1. The molecule has 180 valence electrons. The Morgan fingerprint density at radius 2 is 0.914 bits per heavy atom. The zero-order valence-corrected chi connectivity index (χ0v) is 27.1. The van der Waals surface area contributed by atoms with Crippen molar-refractivity contribution in [2.45, 2.75) is 20.4 Å². The fraction of sp³-hybridized carbons (Fsp3) is 0.143. The van der Waals surface area contributed by atoms with Gasteiger partial charge in [-0.15, -0.1) is 0 Å². The van der Waals surface area contributed by atoms with Gasteiger partial charge in [0, 0.05) is 62.3 Å². The Morgan fingerprint density at radius 1 is 0.571 bits per heavy atom. The molecule has 0 saturated carbocycles. The predicted octanol–water partition coefficient (Wildman–Crippen LogP) is 11.6. The lowest BCUT2D eigenvalue weighted by Gasteiger charge is -2.03. The number of alkyl halides is 1. The SMILES string of the molecule is Brc1ccc2c(c1)[nH]c1cc(Br)ccc12.CCBr.CCn1c2cc(Br)ccc2c2ccc(Br)cc21. The lowest BCUT2D eigenvalue weighted by molar-refractivity contribution is 0.827. The van der Waals surface area contributed by atoms with Crippen LogP contribution >= 0.6 is 79.6 Å². The van der Waals surface area contributed by atoms with E-state index in [1.807, 2.05) is 6.92 Å². The van der Waals surface area contributed by atoms with Crippen molar-refractivity contribution < 1.29 is 0 Å². The van der Waals surface area contributed by atoms with Crippen LogP contribution in [0.25, 0.3) is 43.6 Å². The molecule has 0 atom stereocenters. The monoisotopic (exact) mass is 782 g/mol. The smallest absolute Gasteiger partial charge is 0.0502 e. The average Bonchev–Trinajstić information content (AvgIpc) is 3.32. The number of aromatic amines is 1. The highest BCUT2D eigenvalue weighted by atomic mass is 79.9. The third kappa shape index (κ3) is 5.90. The molecule has 6 aromatic rings. The van der Waals surface area contributed by atoms with E-state index < -0.39 is 0 Å². The van der Waals surface area contributed by atoms with E-state index in [2.05, 4.69) is 169 Å². The van der Waals surface area contributed by atoms with Crippen LogP contribution in [0.4, 0.5) is 0 Å². The molecule has 0 spiro atoms. The van der Waals surface area contributed by atoms with Gasteiger partial charge in [-0.1, -0.05) is 111 Å². The maximum atomic E-state index is 3.54. The Labute approximate surface area is 247 Å². The summed E-state index contributed by atoms with van der Waals surface area (Å²) in [5.74, 6) is 0. The first kappa shape index (κ1) is 26.9. The highest BCUT2D eigenvalue weighted by molar-refractivity contribution is 9.11. The van der Waals surface area contributed by atoms with Gasteiger partial charge in [-0.3, -0.25) is 0 Å². The molecular weight excluding hydrogens is 764 g/mol. The summed E-state index contributed by atoms with van der Waals surface area (Å²) in [6.07, 6.45) is 0. The Morgan fingerprint density at radius 3 is 1.29 bits per heavy atom. The van der Waals surface area contributed by atoms with Crippen LogP contribution in [0.2, 0.25) is 0 Å². The van der Waals surface area contributed by atoms with Gasteiger partial charge in [0.05, 0.1) is 11.0 Å². The molecule has 0 radical (unpaired) electrons. The van der Waals surface area contributed by atoms with Crippen molar-refractivity contribution in [3.63, 3.8) is 0 Å². The number of benzene rings is 4. The topological polar surface area (TPSA) is 20.7 Å². The molecule has 0 amide bonds. The fourth-order valence-electron chi connectivity index (χ4n) is 4.24. The Bertz CT molecular complexity index is 1520. The normalized spacial score (nSPS) is 10.9. The van der Waals surface area contributed by atoms with Gasteiger partial charge in [-0.2, -0.15) is 0 Å². The molecule has 6 rings (SSSR count). The summed E-state index contributed by atoms with van der Waals surface area (Å²) in [7, 11) is 0. The van der Waals surface area contributed by atoms with E-state index in [1.165, 1.54) is 32.6 Å². The molecular formula is C28H23Br5N2. The van der Waals surface area contributed by atoms with Gasteiger partial charge in [0.25, 0.3) is 0 Å². The second-order valence-electron chi connectivity index (χ2n) is 7.84. The molecule has 0 aliphatic rings. The van der Waals surface area contributed by atoms with E-state index in [4.69, 9.17) is 0 Å². The molecule has 0 fully saturated rings. The zero-order valence-electron chi connectivity index (χ0n) is 19.2. The van der Waals surface area contributed by atoms with Gasteiger partial charge in [0.2, 0.25) is 0 Å². The maximum Gasteiger partial charge on any atom is 0.0502 e. The van der Waals surface area contributed by atoms with Gasteiger partial charge in [-0.25, -0.2) is 0 Å². The summed E-state index contributed by atoms with van der Waals surface area (Å²) in [4.78, 5) is 3.40. The van der Waals surface area contributed by atoms with E-state index in [1.54, 1.807) is 0 Å². The van der Waals surface area contributed by atoms with Crippen molar-refractivity contribution in [2.24, 2.45) is 0 Å². The standard InChI is InChI=1S/C14H11Br2N.C12H7Br2N.C2H5Br/c1-2-17-13-7-9(15)3-5-11(13)12-6-4-10(16)8-14(12)17;13-7-1-3-9-10-4-2-8(14)6-12(10)15-11(9)5-7;1-2-3/h3-8H,2H2,1H3;1-6,15H;2H2,1H3. The summed E-state index contributed by atoms with van der Waals surface area (Å²) >= 11 is 17.2. The summed E-state index contributed by atoms with van der Waals surface area (Å²) in [6, 6.07) is 25.5. The molecule has 0 bridgehead atoms. The number of rotatable bonds is 1. The molecule has 0 unspecified atom stereocenters. The molecule has 2 nitrogen and oxygen atoms in total. The first-order valence-corrected chi connectivity index (χ1v) is 15.4. The molecule has 1 N–H and O–H groups in total. The molecule has 0 saturated heterocycles. The van der Waals surface area contributed by atoms with Crippen molar-refractivity contribution in [1.82, 2.24) is 9.55 Å². The van der Waals surface area contributed by atoms with Crippen molar-refractivity contribution in [2.75, 3.05) is 5.33 Å². The van der Waals surface area contributed by atoms with Crippen LogP contribution in [-0.2, 0) is 6.54 Å². The minimum Gasteiger partial charge on any atom is -0.354 e. The van der Waals surface area contributed by atoms with E-state index in [0.717, 1.165) is 40.8 Å². The average molecular weight is 787 g/mol. The summed E-state index contributed by atoms with van der Waals surface area (Å²) < 4.78 is 6.80. The number of aromatic nitrogens is 2. The molecule has 0 aliphatic heterocycles. The molecule has 35 heavy (non-hydrogen) atoms. The fourth-order valence-corrected chi connectivity index (χ4v) is 5.66. The lowest BCUT2D eigenvalue weighted by Crippen LogP contribution is -1.92. The number of nitrogens with zero attached hydrogens (tertiary/aromatic N) is 1. The third-order valence-electron chi connectivity index (χ3n) is 5.63. The van der Waals surface area contributed by atoms with Crippen LogP contribution in [0.1, 0.15) is 13.8 Å². The van der Waals surface area contributed by atoms with Gasteiger partial charge < -0.3 is 9.55 Å². The Balaban J connectivity index is 0.000000150. The zero-order chi connectivity index (χ0) is 25.1. The van der Waals surface area contributed by atoms with Crippen molar-refractivity contribution in [3.05, 3.63) is 90.7 Å². The van der Waals surface area contributed by atoms with Crippen LogP contribution in [-0.4, -0.2) is 14.9 Å². The Hall–Kier alpha value is -1.12. The van der Waals surface area contributed by atoms with Gasteiger partial charge in [0.15, 0.2) is 0 Å². The number of hydrogen-bond donors (Lipinski definition) is 1. The third-order valence-corrected chi connectivity index (χ3v) is 7.60. The van der Waals surface area contributed by atoms with Gasteiger partial charge >= 0.3 is 0 Å². The van der Waals surface area contributed by atoms with Crippen LogP contribution in [0.5, 0.6) is 0 Å². The van der Waals surface area contributed by atoms with E-state index in [0.29, 0.717) is 0 Å². The summed E-state index contributed by atoms with van der Waals surface area (Å²) in [6.45, 7) is 5.20. The second kappa shape index (κ2) is 12.0. The van der Waals surface area contributed by atoms with E-state index in [9.17, 15) is 0 Å². The molecule has 0 aliphatic carbocycles. The van der Waals surface area contributed by atoms with Gasteiger partial charge in [-0.05, 0) is 55.5 Å². The molecule has 7 heteroatoms. The van der Waals surface area contributed by atoms with Crippen LogP contribution < -0.4 is 0 Å².